The maximum Gasteiger partial charge on any atom is 0.247 e. The van der Waals surface area contributed by atoms with Crippen molar-refractivity contribution in [3.05, 3.63) is 35.4 Å². The van der Waals surface area contributed by atoms with Crippen LogP contribution in [0.4, 0.5) is 0 Å². The van der Waals surface area contributed by atoms with Crippen LogP contribution in [-0.2, 0) is 16.0 Å². The van der Waals surface area contributed by atoms with Crippen LogP contribution in [0.5, 0.6) is 0 Å². The lowest BCUT2D eigenvalue weighted by atomic mass is 10.1. The van der Waals surface area contributed by atoms with Crippen LogP contribution < -0.4 is 5.73 Å². The summed E-state index contributed by atoms with van der Waals surface area (Å²) in [5.74, 6) is -0.438. The molecule has 0 spiro atoms. The summed E-state index contributed by atoms with van der Waals surface area (Å²) >= 11 is 0. The van der Waals surface area contributed by atoms with Gasteiger partial charge in [-0.2, -0.15) is 0 Å². The van der Waals surface area contributed by atoms with Gasteiger partial charge in [0.25, 0.3) is 0 Å². The molecule has 4 atom stereocenters. The van der Waals surface area contributed by atoms with E-state index in [2.05, 4.69) is 4.90 Å². The standard InChI is InChI=1S/C15H20N2O3/c1-9-7-17(8-13(20-9)15(16)19)12-6-10-4-2-3-5-11(10)14(12)18/h2-5,9,12-14,18H,6-8H2,1H3,(H2,16,19)/t9-,12?,13?,14?/m1/s1. The van der Waals surface area contributed by atoms with E-state index in [1.165, 1.54) is 5.56 Å². The fourth-order valence-electron chi connectivity index (χ4n) is 3.29. The van der Waals surface area contributed by atoms with Crippen LogP contribution in [0.25, 0.3) is 0 Å². The predicted octanol–water partition coefficient (Wildman–Crippen LogP) is 0.219. The molecule has 1 aliphatic carbocycles. The molecule has 108 valence electrons. The highest BCUT2D eigenvalue weighted by atomic mass is 16.5. The van der Waals surface area contributed by atoms with E-state index in [0.717, 1.165) is 12.0 Å². The number of rotatable bonds is 2. The lowest BCUT2D eigenvalue weighted by molar-refractivity contribution is -0.146. The normalized spacial score (nSPS) is 33.9. The van der Waals surface area contributed by atoms with Crippen molar-refractivity contribution in [2.45, 2.75) is 37.7 Å². The Bertz CT molecular complexity index is 520. The number of nitrogens with zero attached hydrogens (tertiary/aromatic N) is 1. The Labute approximate surface area is 118 Å². The molecule has 1 aliphatic heterocycles. The van der Waals surface area contributed by atoms with Gasteiger partial charge in [0.1, 0.15) is 6.10 Å². The lowest BCUT2D eigenvalue weighted by Gasteiger charge is -2.40. The smallest absolute Gasteiger partial charge is 0.247 e. The van der Waals surface area contributed by atoms with Crippen molar-refractivity contribution in [1.29, 1.82) is 0 Å². The molecular weight excluding hydrogens is 256 g/mol. The first-order valence-corrected chi connectivity index (χ1v) is 7.01. The first-order valence-electron chi connectivity index (χ1n) is 7.01. The second-order valence-electron chi connectivity index (χ2n) is 5.71. The molecule has 1 heterocycles. The number of morpholine rings is 1. The number of carbonyl (C=O) groups excluding carboxylic acids is 1. The topological polar surface area (TPSA) is 75.8 Å². The highest BCUT2D eigenvalue weighted by molar-refractivity contribution is 5.79. The molecule has 3 N–H and O–H groups in total. The molecule has 5 heteroatoms. The number of aliphatic hydroxyl groups is 1. The molecule has 1 saturated heterocycles. The third-order valence-electron chi connectivity index (χ3n) is 4.24. The zero-order valence-electron chi connectivity index (χ0n) is 11.5. The van der Waals surface area contributed by atoms with E-state index in [1.807, 2.05) is 31.2 Å². The van der Waals surface area contributed by atoms with E-state index in [9.17, 15) is 9.90 Å². The number of benzene rings is 1. The monoisotopic (exact) mass is 276 g/mol. The summed E-state index contributed by atoms with van der Waals surface area (Å²) in [5.41, 5.74) is 7.53. The molecular formula is C15H20N2O3. The summed E-state index contributed by atoms with van der Waals surface area (Å²) < 4.78 is 5.55. The van der Waals surface area contributed by atoms with Gasteiger partial charge in [-0.1, -0.05) is 24.3 Å². The minimum atomic E-state index is -0.588. The zero-order chi connectivity index (χ0) is 14.3. The Morgan fingerprint density at radius 3 is 2.85 bits per heavy atom. The number of amides is 1. The fraction of sp³-hybridized carbons (Fsp3) is 0.533. The summed E-state index contributed by atoms with van der Waals surface area (Å²) in [7, 11) is 0. The Hall–Kier alpha value is -1.43. The number of fused-ring (bicyclic) bond motifs is 1. The van der Waals surface area contributed by atoms with Crippen LogP contribution in [0.2, 0.25) is 0 Å². The van der Waals surface area contributed by atoms with Gasteiger partial charge >= 0.3 is 0 Å². The molecule has 5 nitrogen and oxygen atoms in total. The number of primary amides is 1. The van der Waals surface area contributed by atoms with Crippen molar-refractivity contribution < 1.29 is 14.6 Å². The molecule has 2 aliphatic rings. The Kier molecular flexibility index (Phi) is 3.50. The van der Waals surface area contributed by atoms with Gasteiger partial charge in [0.05, 0.1) is 12.2 Å². The molecule has 20 heavy (non-hydrogen) atoms. The third-order valence-corrected chi connectivity index (χ3v) is 4.24. The molecule has 1 aromatic carbocycles. The van der Waals surface area contributed by atoms with Crippen LogP contribution in [0, 0.1) is 0 Å². The van der Waals surface area contributed by atoms with E-state index in [0.29, 0.717) is 13.1 Å². The van der Waals surface area contributed by atoms with Gasteiger partial charge in [-0.15, -0.1) is 0 Å². The molecule has 0 aromatic heterocycles. The highest BCUT2D eigenvalue weighted by Gasteiger charge is 2.39. The molecule has 0 radical (unpaired) electrons. The largest absolute Gasteiger partial charge is 0.387 e. The van der Waals surface area contributed by atoms with Crippen molar-refractivity contribution in [3.8, 4) is 0 Å². The number of hydrogen-bond donors (Lipinski definition) is 2. The van der Waals surface area contributed by atoms with E-state index >= 15 is 0 Å². The molecule has 3 rings (SSSR count). The quantitative estimate of drug-likeness (QED) is 0.810. The second kappa shape index (κ2) is 5.16. The highest BCUT2D eigenvalue weighted by Crippen LogP contribution is 2.35. The lowest BCUT2D eigenvalue weighted by Crippen LogP contribution is -2.55. The molecule has 0 bridgehead atoms. The molecule has 3 unspecified atom stereocenters. The number of carbonyl (C=O) groups is 1. The Balaban J connectivity index is 1.79. The van der Waals surface area contributed by atoms with Crippen LogP contribution in [0.15, 0.2) is 24.3 Å². The van der Waals surface area contributed by atoms with E-state index < -0.39 is 18.1 Å². The van der Waals surface area contributed by atoms with Gasteiger partial charge in [0.2, 0.25) is 5.91 Å². The number of aliphatic hydroxyl groups excluding tert-OH is 1. The van der Waals surface area contributed by atoms with Gasteiger partial charge in [-0.3, -0.25) is 9.69 Å². The van der Waals surface area contributed by atoms with Crippen LogP contribution in [0.3, 0.4) is 0 Å². The Morgan fingerprint density at radius 2 is 2.15 bits per heavy atom. The molecule has 1 amide bonds. The number of nitrogens with two attached hydrogens (primary N) is 1. The average molecular weight is 276 g/mol. The Morgan fingerprint density at radius 1 is 1.40 bits per heavy atom. The zero-order valence-corrected chi connectivity index (χ0v) is 11.5. The predicted molar refractivity (Wildman–Crippen MR) is 74.0 cm³/mol. The van der Waals surface area contributed by atoms with Crippen molar-refractivity contribution in [3.63, 3.8) is 0 Å². The minimum Gasteiger partial charge on any atom is -0.387 e. The van der Waals surface area contributed by atoms with E-state index in [4.69, 9.17) is 10.5 Å². The van der Waals surface area contributed by atoms with Gasteiger partial charge in [0, 0.05) is 19.1 Å². The maximum absolute atomic E-state index is 11.4. The van der Waals surface area contributed by atoms with Crippen LogP contribution in [0.1, 0.15) is 24.2 Å². The van der Waals surface area contributed by atoms with E-state index in [1.54, 1.807) is 0 Å². The first kappa shape index (κ1) is 13.5. The fourth-order valence-corrected chi connectivity index (χ4v) is 3.29. The van der Waals surface area contributed by atoms with Gasteiger partial charge in [0.15, 0.2) is 0 Å². The maximum atomic E-state index is 11.4. The average Bonchev–Trinajstić information content (AvgIpc) is 2.76. The van der Waals surface area contributed by atoms with Crippen LogP contribution in [-0.4, -0.2) is 47.3 Å². The SMILES string of the molecule is C[C@@H]1CN(C2Cc3ccccc3C2O)CC(C(N)=O)O1. The van der Waals surface area contributed by atoms with Crippen molar-refractivity contribution >= 4 is 5.91 Å². The summed E-state index contributed by atoms with van der Waals surface area (Å²) in [6, 6.07) is 7.95. The first-order chi connectivity index (χ1) is 9.56. The molecule has 0 saturated carbocycles. The summed E-state index contributed by atoms with van der Waals surface area (Å²) in [6.07, 6.45) is -0.355. The van der Waals surface area contributed by atoms with E-state index in [-0.39, 0.29) is 12.1 Å². The summed E-state index contributed by atoms with van der Waals surface area (Å²) in [4.78, 5) is 13.5. The number of hydrogen-bond acceptors (Lipinski definition) is 4. The number of ether oxygens (including phenoxy) is 1. The summed E-state index contributed by atoms with van der Waals surface area (Å²) in [5, 5.41) is 10.5. The van der Waals surface area contributed by atoms with Crippen LogP contribution >= 0.6 is 0 Å². The van der Waals surface area contributed by atoms with Crippen molar-refractivity contribution in [2.75, 3.05) is 13.1 Å². The molecule has 1 fully saturated rings. The second-order valence-corrected chi connectivity index (χ2v) is 5.71. The van der Waals surface area contributed by atoms with Gasteiger partial charge in [-0.25, -0.2) is 0 Å². The summed E-state index contributed by atoms with van der Waals surface area (Å²) in [6.45, 7) is 3.09. The third kappa shape index (κ3) is 2.32. The van der Waals surface area contributed by atoms with Crippen molar-refractivity contribution in [2.24, 2.45) is 5.73 Å². The minimum absolute atomic E-state index is 0.000556. The van der Waals surface area contributed by atoms with Crippen molar-refractivity contribution in [1.82, 2.24) is 4.90 Å². The van der Waals surface area contributed by atoms with Gasteiger partial charge < -0.3 is 15.6 Å². The van der Waals surface area contributed by atoms with Gasteiger partial charge in [-0.05, 0) is 24.5 Å². The molecule has 1 aromatic rings.